The molecule has 0 saturated carbocycles. The Morgan fingerprint density at radius 3 is 2.61 bits per heavy atom. The molecule has 33 heavy (non-hydrogen) atoms. The van der Waals surface area contributed by atoms with Crippen LogP contribution in [0, 0.1) is 0 Å². The number of benzene rings is 3. The van der Waals surface area contributed by atoms with Gasteiger partial charge in [-0.15, -0.1) is 6.58 Å². The van der Waals surface area contributed by atoms with E-state index in [-0.39, 0.29) is 22.9 Å². The van der Waals surface area contributed by atoms with Gasteiger partial charge in [-0.25, -0.2) is 10.2 Å². The Morgan fingerprint density at radius 2 is 1.82 bits per heavy atom. The number of hydrogen-bond donors (Lipinski definition) is 1. The summed E-state index contributed by atoms with van der Waals surface area (Å²) in [7, 11) is 0. The van der Waals surface area contributed by atoms with Gasteiger partial charge in [0.05, 0.1) is 16.8 Å². The van der Waals surface area contributed by atoms with Gasteiger partial charge in [0, 0.05) is 10.0 Å². The molecule has 8 heteroatoms. The number of ether oxygens (including phenoxy) is 2. The van der Waals surface area contributed by atoms with Crippen LogP contribution in [-0.2, 0) is 11.2 Å². The highest BCUT2D eigenvalue weighted by molar-refractivity contribution is 9.10. The molecule has 0 fully saturated rings. The van der Waals surface area contributed by atoms with Crippen LogP contribution in [0.4, 0.5) is 0 Å². The van der Waals surface area contributed by atoms with Crippen molar-refractivity contribution in [3.05, 3.63) is 106 Å². The van der Waals surface area contributed by atoms with Crippen molar-refractivity contribution in [1.82, 2.24) is 5.43 Å². The normalized spacial score (nSPS) is 10.6. The highest BCUT2D eigenvalue weighted by atomic mass is 79.9. The van der Waals surface area contributed by atoms with Gasteiger partial charge in [0.2, 0.25) is 0 Å². The number of nitrogens with zero attached hydrogens (tertiary/aromatic N) is 1. The van der Waals surface area contributed by atoms with Crippen LogP contribution in [0.15, 0.2) is 89.0 Å². The van der Waals surface area contributed by atoms with E-state index in [4.69, 9.17) is 21.1 Å². The Morgan fingerprint density at radius 1 is 1.06 bits per heavy atom. The van der Waals surface area contributed by atoms with E-state index in [0.29, 0.717) is 17.7 Å². The zero-order chi connectivity index (χ0) is 23.6. The van der Waals surface area contributed by atoms with E-state index in [1.54, 1.807) is 54.6 Å². The molecule has 0 saturated heterocycles. The maximum absolute atomic E-state index is 12.5. The van der Waals surface area contributed by atoms with Crippen LogP contribution >= 0.6 is 27.5 Å². The number of nitrogens with one attached hydrogen (secondary N) is 1. The first-order valence-corrected chi connectivity index (χ1v) is 11.0. The molecule has 168 valence electrons. The standard InChI is InChI=1S/C25H20BrClN2O4/c1-2-7-17-8-3-6-11-22(17)32-16-24(30)29-28-15-18-14-19(26)12-13-23(18)33-25(31)20-9-4-5-10-21(20)27/h2-6,8-15H,1,7,16H2,(H,29,30). The molecule has 1 amide bonds. The minimum Gasteiger partial charge on any atom is -0.483 e. The van der Waals surface area contributed by atoms with Crippen LogP contribution in [0.5, 0.6) is 11.5 Å². The lowest BCUT2D eigenvalue weighted by Crippen LogP contribution is -2.24. The minimum absolute atomic E-state index is 0.210. The van der Waals surface area contributed by atoms with Crippen molar-refractivity contribution in [2.75, 3.05) is 6.61 Å². The maximum atomic E-state index is 12.5. The zero-order valence-electron chi connectivity index (χ0n) is 17.5. The number of amides is 1. The van der Waals surface area contributed by atoms with Gasteiger partial charge in [0.15, 0.2) is 6.61 Å². The molecule has 0 atom stereocenters. The fourth-order valence-corrected chi connectivity index (χ4v) is 3.40. The van der Waals surface area contributed by atoms with Gasteiger partial charge in [-0.2, -0.15) is 5.10 Å². The van der Waals surface area contributed by atoms with Gasteiger partial charge in [0.1, 0.15) is 11.5 Å². The molecule has 0 aliphatic carbocycles. The molecule has 3 rings (SSSR count). The van der Waals surface area contributed by atoms with E-state index in [9.17, 15) is 9.59 Å². The van der Waals surface area contributed by atoms with Gasteiger partial charge in [-0.3, -0.25) is 4.79 Å². The Labute approximate surface area is 205 Å². The van der Waals surface area contributed by atoms with Crippen LogP contribution in [0.25, 0.3) is 0 Å². The molecule has 3 aromatic rings. The summed E-state index contributed by atoms with van der Waals surface area (Å²) >= 11 is 9.44. The first-order chi connectivity index (χ1) is 16.0. The third-order valence-corrected chi connectivity index (χ3v) is 5.18. The van der Waals surface area contributed by atoms with Crippen molar-refractivity contribution >= 4 is 45.6 Å². The number of hydrazone groups is 1. The van der Waals surface area contributed by atoms with Crippen LogP contribution in [0.2, 0.25) is 5.02 Å². The topological polar surface area (TPSA) is 77.0 Å². The molecule has 0 spiro atoms. The van der Waals surface area contributed by atoms with Crippen molar-refractivity contribution in [2.24, 2.45) is 5.10 Å². The summed E-state index contributed by atoms with van der Waals surface area (Å²) in [4.78, 5) is 24.6. The van der Waals surface area contributed by atoms with Crippen LogP contribution in [-0.4, -0.2) is 24.7 Å². The van der Waals surface area contributed by atoms with Crippen molar-refractivity contribution in [1.29, 1.82) is 0 Å². The van der Waals surface area contributed by atoms with Crippen molar-refractivity contribution in [3.8, 4) is 11.5 Å². The molecule has 6 nitrogen and oxygen atoms in total. The van der Waals surface area contributed by atoms with E-state index in [1.165, 1.54) is 6.21 Å². The Kier molecular flexibility index (Phi) is 8.80. The molecule has 0 aromatic heterocycles. The predicted octanol–water partition coefficient (Wildman–Crippen LogP) is 5.58. The summed E-state index contributed by atoms with van der Waals surface area (Å²) in [6.45, 7) is 3.51. The highest BCUT2D eigenvalue weighted by Gasteiger charge is 2.14. The molecular weight excluding hydrogens is 508 g/mol. The number of allylic oxidation sites excluding steroid dienone is 1. The molecule has 0 aliphatic rings. The van der Waals surface area contributed by atoms with Gasteiger partial charge in [0.25, 0.3) is 5.91 Å². The first kappa shape index (κ1) is 24.2. The molecule has 0 aliphatic heterocycles. The highest BCUT2D eigenvalue weighted by Crippen LogP contribution is 2.24. The molecule has 0 unspecified atom stereocenters. The lowest BCUT2D eigenvalue weighted by Gasteiger charge is -2.10. The van der Waals surface area contributed by atoms with Crippen LogP contribution < -0.4 is 14.9 Å². The average molecular weight is 528 g/mol. The number of rotatable bonds is 9. The number of hydrogen-bond acceptors (Lipinski definition) is 5. The average Bonchev–Trinajstić information content (AvgIpc) is 2.80. The molecule has 1 N–H and O–H groups in total. The largest absolute Gasteiger partial charge is 0.483 e. The number of halogens is 2. The fraction of sp³-hybridized carbons (Fsp3) is 0.0800. The lowest BCUT2D eigenvalue weighted by molar-refractivity contribution is -0.123. The Hall–Kier alpha value is -3.42. The van der Waals surface area contributed by atoms with Crippen LogP contribution in [0.3, 0.4) is 0 Å². The Balaban J connectivity index is 1.63. The van der Waals surface area contributed by atoms with E-state index < -0.39 is 11.9 Å². The maximum Gasteiger partial charge on any atom is 0.345 e. The van der Waals surface area contributed by atoms with Gasteiger partial charge < -0.3 is 9.47 Å². The third kappa shape index (κ3) is 7.03. The monoisotopic (exact) mass is 526 g/mol. The summed E-state index contributed by atoms with van der Waals surface area (Å²) in [6, 6.07) is 19.1. The van der Waals surface area contributed by atoms with Gasteiger partial charge in [-0.05, 0) is 48.4 Å². The summed E-state index contributed by atoms with van der Waals surface area (Å²) in [5.41, 5.74) is 4.05. The molecule has 3 aromatic carbocycles. The number of para-hydroxylation sites is 1. The smallest absolute Gasteiger partial charge is 0.345 e. The van der Waals surface area contributed by atoms with Gasteiger partial charge >= 0.3 is 5.97 Å². The molecular formula is C25H20BrClN2O4. The van der Waals surface area contributed by atoms with E-state index in [0.717, 1.165) is 10.0 Å². The second-order valence-corrected chi connectivity index (χ2v) is 8.06. The second-order valence-electron chi connectivity index (χ2n) is 6.73. The first-order valence-electron chi connectivity index (χ1n) is 9.87. The molecule has 0 radical (unpaired) electrons. The second kappa shape index (κ2) is 12.0. The molecule has 0 heterocycles. The molecule has 0 bridgehead atoms. The zero-order valence-corrected chi connectivity index (χ0v) is 19.8. The number of carbonyl (C=O) groups is 2. The van der Waals surface area contributed by atoms with E-state index in [2.05, 4.69) is 33.0 Å². The summed E-state index contributed by atoms with van der Waals surface area (Å²) in [5, 5.41) is 4.24. The SMILES string of the molecule is C=CCc1ccccc1OCC(=O)NN=Cc1cc(Br)ccc1OC(=O)c1ccccc1Cl. The lowest BCUT2D eigenvalue weighted by atomic mass is 10.1. The fourth-order valence-electron chi connectivity index (χ4n) is 2.81. The van der Waals surface area contributed by atoms with Crippen molar-refractivity contribution in [2.45, 2.75) is 6.42 Å². The quantitative estimate of drug-likeness (QED) is 0.130. The van der Waals surface area contributed by atoms with E-state index in [1.807, 2.05) is 18.2 Å². The third-order valence-electron chi connectivity index (χ3n) is 4.36. The van der Waals surface area contributed by atoms with Crippen molar-refractivity contribution < 1.29 is 19.1 Å². The number of esters is 1. The van der Waals surface area contributed by atoms with Crippen molar-refractivity contribution in [3.63, 3.8) is 0 Å². The number of carbonyl (C=O) groups excluding carboxylic acids is 2. The van der Waals surface area contributed by atoms with Gasteiger partial charge in [-0.1, -0.05) is 63.9 Å². The summed E-state index contributed by atoms with van der Waals surface area (Å²) < 4.78 is 11.8. The van der Waals surface area contributed by atoms with E-state index >= 15 is 0 Å². The summed E-state index contributed by atoms with van der Waals surface area (Å²) in [5.74, 6) is -0.175. The Bertz CT molecular complexity index is 1200. The minimum atomic E-state index is -0.604. The van der Waals surface area contributed by atoms with Crippen LogP contribution in [0.1, 0.15) is 21.5 Å². The summed E-state index contributed by atoms with van der Waals surface area (Å²) in [6.07, 6.45) is 3.78. The predicted molar refractivity (Wildman–Crippen MR) is 132 cm³/mol.